The molecular formula is C15H21N3O6S2. The van der Waals surface area contributed by atoms with E-state index in [0.717, 1.165) is 0 Å². The first-order valence-corrected chi connectivity index (χ1v) is 10.4. The maximum Gasteiger partial charge on any atom is 0.329 e. The van der Waals surface area contributed by atoms with Crippen molar-refractivity contribution in [1.82, 2.24) is 5.32 Å². The normalized spacial score (nSPS) is 12.1. The van der Waals surface area contributed by atoms with E-state index in [0.29, 0.717) is 17.9 Å². The molecule has 1 atom stereocenters. The molecular weight excluding hydrogens is 382 g/mol. The Balaban J connectivity index is 2.56. The highest BCUT2D eigenvalue weighted by molar-refractivity contribution is 7.98. The third-order valence-electron chi connectivity index (χ3n) is 3.08. The molecule has 1 rings (SSSR count). The second-order valence-corrected chi connectivity index (χ2v) is 7.81. The first-order valence-electron chi connectivity index (χ1n) is 7.49. The molecule has 1 aromatic carbocycles. The number of hydrogen-bond acceptors (Lipinski definition) is 7. The molecule has 0 saturated heterocycles. The van der Waals surface area contributed by atoms with Crippen LogP contribution >= 0.6 is 11.8 Å². The summed E-state index contributed by atoms with van der Waals surface area (Å²) in [7, 11) is -3.82. The first kappa shape index (κ1) is 21.9. The van der Waals surface area contributed by atoms with E-state index in [1.54, 1.807) is 0 Å². The molecule has 0 saturated carbocycles. The van der Waals surface area contributed by atoms with Crippen LogP contribution < -0.4 is 15.8 Å². The lowest BCUT2D eigenvalue weighted by Crippen LogP contribution is -2.42. The highest BCUT2D eigenvalue weighted by Gasteiger charge is 2.21. The molecule has 0 aliphatic heterocycles. The standard InChI is InChI=1S/C15H21N3O6S2/c1-10(19)17-13(7-8-25-2)15(21)24-9-14(20)18-11-3-5-12(6-4-11)26(16,22)23/h3-6,13H,7-9H2,1-2H3,(H,17,19)(H,18,20)(H2,16,22,23)/t13-/m1/s1. The predicted octanol–water partition coefficient (Wildman–Crippen LogP) is 0.0735. The van der Waals surface area contributed by atoms with Crippen LogP contribution in [-0.2, 0) is 29.1 Å². The van der Waals surface area contributed by atoms with Crippen LogP contribution in [-0.4, -0.2) is 50.9 Å². The summed E-state index contributed by atoms with van der Waals surface area (Å²) in [5.41, 5.74) is 0.319. The van der Waals surface area contributed by atoms with E-state index in [1.165, 1.54) is 43.0 Å². The zero-order chi connectivity index (χ0) is 19.7. The monoisotopic (exact) mass is 403 g/mol. The summed E-state index contributed by atoms with van der Waals surface area (Å²) in [6.07, 6.45) is 2.25. The van der Waals surface area contributed by atoms with Crippen LogP contribution in [0.2, 0.25) is 0 Å². The molecule has 2 amide bonds. The minimum atomic E-state index is -3.82. The highest BCUT2D eigenvalue weighted by Crippen LogP contribution is 2.12. The van der Waals surface area contributed by atoms with Crippen LogP contribution in [0.5, 0.6) is 0 Å². The van der Waals surface area contributed by atoms with Crippen LogP contribution in [0.15, 0.2) is 29.2 Å². The van der Waals surface area contributed by atoms with Crippen LogP contribution in [0.1, 0.15) is 13.3 Å². The lowest BCUT2D eigenvalue weighted by molar-refractivity contribution is -0.150. The number of nitrogens with one attached hydrogen (secondary N) is 2. The van der Waals surface area contributed by atoms with E-state index in [2.05, 4.69) is 10.6 Å². The van der Waals surface area contributed by atoms with Crippen LogP contribution in [0.25, 0.3) is 0 Å². The summed E-state index contributed by atoms with van der Waals surface area (Å²) >= 11 is 1.51. The van der Waals surface area contributed by atoms with Gasteiger partial charge in [0.1, 0.15) is 6.04 Å². The second kappa shape index (κ2) is 10.1. The zero-order valence-electron chi connectivity index (χ0n) is 14.4. The maximum atomic E-state index is 12.0. The molecule has 0 aliphatic carbocycles. The van der Waals surface area contributed by atoms with Crippen LogP contribution in [0.4, 0.5) is 5.69 Å². The van der Waals surface area contributed by atoms with Gasteiger partial charge in [-0.05, 0) is 42.7 Å². The van der Waals surface area contributed by atoms with Crippen molar-refractivity contribution in [3.63, 3.8) is 0 Å². The number of carbonyl (C=O) groups is 3. The number of sulfonamides is 1. The number of nitrogens with two attached hydrogens (primary N) is 1. The molecule has 144 valence electrons. The summed E-state index contributed by atoms with van der Waals surface area (Å²) in [5, 5.41) is 9.92. The van der Waals surface area contributed by atoms with Gasteiger partial charge in [-0.25, -0.2) is 18.4 Å². The Hall–Kier alpha value is -2.11. The second-order valence-electron chi connectivity index (χ2n) is 5.26. The van der Waals surface area contributed by atoms with Gasteiger partial charge in [0, 0.05) is 12.6 Å². The number of anilines is 1. The topological polar surface area (TPSA) is 145 Å². The third-order valence-corrected chi connectivity index (χ3v) is 4.66. The van der Waals surface area contributed by atoms with E-state index in [9.17, 15) is 22.8 Å². The average molecular weight is 403 g/mol. The maximum absolute atomic E-state index is 12.0. The molecule has 0 bridgehead atoms. The minimum Gasteiger partial charge on any atom is -0.454 e. The molecule has 0 aromatic heterocycles. The largest absolute Gasteiger partial charge is 0.454 e. The number of esters is 1. The van der Waals surface area contributed by atoms with Crippen molar-refractivity contribution >= 4 is 45.3 Å². The third kappa shape index (κ3) is 7.85. The Morgan fingerprint density at radius 2 is 1.85 bits per heavy atom. The fourth-order valence-corrected chi connectivity index (χ4v) is 2.88. The van der Waals surface area contributed by atoms with E-state index >= 15 is 0 Å². The van der Waals surface area contributed by atoms with Gasteiger partial charge in [-0.15, -0.1) is 0 Å². The lowest BCUT2D eigenvalue weighted by atomic mass is 10.2. The number of rotatable bonds is 9. The van der Waals surface area contributed by atoms with Gasteiger partial charge in [-0.2, -0.15) is 11.8 Å². The fraction of sp³-hybridized carbons (Fsp3) is 0.400. The van der Waals surface area contributed by atoms with Crippen molar-refractivity contribution in [2.75, 3.05) is 23.9 Å². The molecule has 9 nitrogen and oxygen atoms in total. The summed E-state index contributed by atoms with van der Waals surface area (Å²) in [6.45, 7) is 0.752. The number of carbonyl (C=O) groups excluding carboxylic acids is 3. The van der Waals surface area contributed by atoms with Crippen LogP contribution in [0.3, 0.4) is 0 Å². The fourth-order valence-electron chi connectivity index (χ4n) is 1.89. The summed E-state index contributed by atoms with van der Waals surface area (Å²) in [4.78, 5) is 34.9. The molecule has 11 heteroatoms. The zero-order valence-corrected chi connectivity index (χ0v) is 16.0. The Morgan fingerprint density at radius 1 is 1.23 bits per heavy atom. The van der Waals surface area contributed by atoms with Crippen molar-refractivity contribution in [3.8, 4) is 0 Å². The number of amides is 2. The molecule has 0 spiro atoms. The number of primary sulfonamides is 1. The Kier molecular flexibility index (Phi) is 8.55. The Morgan fingerprint density at radius 3 is 2.35 bits per heavy atom. The SMILES string of the molecule is CSCC[C@@H](NC(C)=O)C(=O)OCC(=O)Nc1ccc(S(N)(=O)=O)cc1. The van der Waals surface area contributed by atoms with E-state index in [-0.39, 0.29) is 10.8 Å². The van der Waals surface area contributed by atoms with Gasteiger partial charge in [-0.3, -0.25) is 9.59 Å². The minimum absolute atomic E-state index is 0.0890. The van der Waals surface area contributed by atoms with E-state index in [4.69, 9.17) is 9.88 Å². The molecule has 0 unspecified atom stereocenters. The smallest absolute Gasteiger partial charge is 0.329 e. The Labute approximate surface area is 156 Å². The van der Waals surface area contributed by atoms with Gasteiger partial charge in [0.05, 0.1) is 4.90 Å². The Bertz CT molecular complexity index is 749. The molecule has 0 fully saturated rings. The van der Waals surface area contributed by atoms with Gasteiger partial charge in [0.2, 0.25) is 15.9 Å². The molecule has 1 aromatic rings. The van der Waals surface area contributed by atoms with Crippen molar-refractivity contribution < 1.29 is 27.5 Å². The molecule has 0 aliphatic rings. The quantitative estimate of drug-likeness (QED) is 0.495. The van der Waals surface area contributed by atoms with Gasteiger partial charge in [0.15, 0.2) is 6.61 Å². The van der Waals surface area contributed by atoms with E-state index in [1.807, 2.05) is 6.26 Å². The number of hydrogen-bond donors (Lipinski definition) is 3. The molecule has 0 radical (unpaired) electrons. The van der Waals surface area contributed by atoms with Crippen molar-refractivity contribution in [2.45, 2.75) is 24.3 Å². The van der Waals surface area contributed by atoms with Gasteiger partial charge < -0.3 is 15.4 Å². The molecule has 4 N–H and O–H groups in total. The van der Waals surface area contributed by atoms with Gasteiger partial charge in [0.25, 0.3) is 5.91 Å². The lowest BCUT2D eigenvalue weighted by Gasteiger charge is -2.16. The van der Waals surface area contributed by atoms with Crippen molar-refractivity contribution in [2.24, 2.45) is 5.14 Å². The summed E-state index contributed by atoms with van der Waals surface area (Å²) in [5.74, 6) is -1.03. The molecule has 0 heterocycles. The van der Waals surface area contributed by atoms with Crippen LogP contribution in [0, 0.1) is 0 Å². The first-order chi connectivity index (χ1) is 12.1. The summed E-state index contributed by atoms with van der Waals surface area (Å²) < 4.78 is 27.2. The van der Waals surface area contributed by atoms with E-state index < -0.39 is 34.5 Å². The number of ether oxygens (including phenoxy) is 1. The van der Waals surface area contributed by atoms with Crippen molar-refractivity contribution in [1.29, 1.82) is 0 Å². The summed E-state index contributed by atoms with van der Waals surface area (Å²) in [6, 6.07) is 4.39. The molecule has 26 heavy (non-hydrogen) atoms. The van der Waals surface area contributed by atoms with Gasteiger partial charge >= 0.3 is 5.97 Å². The average Bonchev–Trinajstić information content (AvgIpc) is 2.55. The highest BCUT2D eigenvalue weighted by atomic mass is 32.2. The van der Waals surface area contributed by atoms with Gasteiger partial charge in [-0.1, -0.05) is 0 Å². The predicted molar refractivity (Wildman–Crippen MR) is 98.0 cm³/mol. The number of benzene rings is 1. The van der Waals surface area contributed by atoms with Crippen molar-refractivity contribution in [3.05, 3.63) is 24.3 Å². The number of thioether (sulfide) groups is 1.